The van der Waals surface area contributed by atoms with E-state index in [-0.39, 0.29) is 0 Å². The molecule has 1 aromatic rings. The minimum Gasteiger partial charge on any atom is -0.481 e. The van der Waals surface area contributed by atoms with E-state index in [1.807, 2.05) is 6.07 Å². The molecule has 0 spiro atoms. The normalized spacial score (nSPS) is 15.4. The lowest BCUT2D eigenvalue weighted by atomic mass is 10.1. The van der Waals surface area contributed by atoms with E-state index < -0.39 is 5.97 Å². The van der Waals surface area contributed by atoms with Gasteiger partial charge < -0.3 is 15.2 Å². The summed E-state index contributed by atoms with van der Waals surface area (Å²) in [5.74, 6) is -0.165. The molecule has 6 heteroatoms. The smallest absolute Gasteiger partial charge is 0.300 e. The van der Waals surface area contributed by atoms with Crippen LogP contribution in [0.1, 0.15) is 19.8 Å². The summed E-state index contributed by atoms with van der Waals surface area (Å²) in [6.07, 6.45) is 4.00. The molecule has 5 nitrogen and oxygen atoms in total. The Morgan fingerprint density at radius 1 is 1.50 bits per heavy atom. The van der Waals surface area contributed by atoms with Crippen molar-refractivity contribution in [1.82, 2.24) is 10.3 Å². The number of hydrogen-bond donors (Lipinski definition) is 2. The van der Waals surface area contributed by atoms with Gasteiger partial charge in [-0.3, -0.25) is 4.79 Å². The van der Waals surface area contributed by atoms with E-state index >= 15 is 0 Å². The number of aromatic nitrogens is 1. The number of hydrogen-bond acceptors (Lipinski definition) is 4. The van der Waals surface area contributed by atoms with Crippen LogP contribution in [0.4, 0.5) is 0 Å². The molecule has 0 aliphatic carbocycles. The maximum atomic E-state index is 9.00. The summed E-state index contributed by atoms with van der Waals surface area (Å²) < 4.78 is 5.70. The summed E-state index contributed by atoms with van der Waals surface area (Å²) in [4.78, 5) is 13.1. The Labute approximate surface area is 111 Å². The molecule has 2 heterocycles. The molecule has 18 heavy (non-hydrogen) atoms. The second kappa shape index (κ2) is 7.89. The summed E-state index contributed by atoms with van der Waals surface area (Å²) in [5.41, 5.74) is 0. The van der Waals surface area contributed by atoms with Crippen molar-refractivity contribution in [2.45, 2.75) is 25.9 Å². The van der Waals surface area contributed by atoms with Gasteiger partial charge in [0.2, 0.25) is 5.88 Å². The van der Waals surface area contributed by atoms with Crippen LogP contribution in [0.3, 0.4) is 0 Å². The second-order valence-corrected chi connectivity index (χ2v) is 4.34. The number of nitrogens with zero attached hydrogens (tertiary/aromatic N) is 1. The molecule has 0 amide bonds. The van der Waals surface area contributed by atoms with Gasteiger partial charge in [-0.05, 0) is 32.0 Å². The monoisotopic (exact) mass is 272 g/mol. The Kier molecular flexibility index (Phi) is 6.46. The quantitative estimate of drug-likeness (QED) is 0.861. The SMILES string of the molecule is CC(=O)O.Clc1ccc(OC2CCNCC2)nc1. The highest BCUT2D eigenvalue weighted by Crippen LogP contribution is 2.15. The van der Waals surface area contributed by atoms with Gasteiger partial charge in [0, 0.05) is 19.2 Å². The van der Waals surface area contributed by atoms with E-state index in [0.29, 0.717) is 17.0 Å². The zero-order valence-corrected chi connectivity index (χ0v) is 11.0. The second-order valence-electron chi connectivity index (χ2n) is 3.90. The molecule has 0 unspecified atom stereocenters. The van der Waals surface area contributed by atoms with E-state index in [1.54, 1.807) is 12.3 Å². The van der Waals surface area contributed by atoms with Crippen LogP contribution in [0.25, 0.3) is 0 Å². The Balaban J connectivity index is 0.000000357. The Morgan fingerprint density at radius 2 is 2.11 bits per heavy atom. The van der Waals surface area contributed by atoms with Crippen LogP contribution in [-0.4, -0.2) is 35.3 Å². The van der Waals surface area contributed by atoms with Crippen LogP contribution in [0.5, 0.6) is 5.88 Å². The lowest BCUT2D eigenvalue weighted by Crippen LogP contribution is -2.34. The van der Waals surface area contributed by atoms with Crippen LogP contribution in [-0.2, 0) is 4.79 Å². The van der Waals surface area contributed by atoms with Crippen LogP contribution in [0.2, 0.25) is 5.02 Å². The lowest BCUT2D eigenvalue weighted by molar-refractivity contribution is -0.134. The molecular weight excluding hydrogens is 256 g/mol. The van der Waals surface area contributed by atoms with Crippen molar-refractivity contribution in [2.75, 3.05) is 13.1 Å². The van der Waals surface area contributed by atoms with Crippen molar-refractivity contribution < 1.29 is 14.6 Å². The van der Waals surface area contributed by atoms with Gasteiger partial charge in [-0.1, -0.05) is 11.6 Å². The number of pyridine rings is 1. The first-order chi connectivity index (χ1) is 8.58. The number of rotatable bonds is 2. The van der Waals surface area contributed by atoms with Crippen molar-refractivity contribution in [1.29, 1.82) is 0 Å². The zero-order chi connectivity index (χ0) is 13.4. The predicted octanol–water partition coefficient (Wildman–Crippen LogP) is 1.96. The van der Waals surface area contributed by atoms with Gasteiger partial charge in [-0.2, -0.15) is 0 Å². The van der Waals surface area contributed by atoms with Gasteiger partial charge in [-0.25, -0.2) is 4.98 Å². The highest BCUT2D eigenvalue weighted by atomic mass is 35.5. The summed E-state index contributed by atoms with van der Waals surface area (Å²) >= 11 is 5.73. The molecular formula is C12H17ClN2O3. The molecule has 0 saturated carbocycles. The fourth-order valence-electron chi connectivity index (χ4n) is 1.52. The maximum Gasteiger partial charge on any atom is 0.300 e. The molecule has 0 radical (unpaired) electrons. The molecule has 1 fully saturated rings. The third kappa shape index (κ3) is 6.42. The van der Waals surface area contributed by atoms with Crippen molar-refractivity contribution >= 4 is 17.6 Å². The van der Waals surface area contributed by atoms with Crippen LogP contribution >= 0.6 is 11.6 Å². The molecule has 2 N–H and O–H groups in total. The highest BCUT2D eigenvalue weighted by Gasteiger charge is 2.14. The third-order valence-electron chi connectivity index (χ3n) is 2.27. The maximum absolute atomic E-state index is 9.00. The van der Waals surface area contributed by atoms with Gasteiger partial charge in [0.25, 0.3) is 5.97 Å². The van der Waals surface area contributed by atoms with Crippen LogP contribution in [0.15, 0.2) is 18.3 Å². The average Bonchev–Trinajstić information content (AvgIpc) is 2.33. The summed E-state index contributed by atoms with van der Waals surface area (Å²) in [6, 6.07) is 3.61. The fraction of sp³-hybridized carbons (Fsp3) is 0.500. The van der Waals surface area contributed by atoms with E-state index in [0.717, 1.165) is 32.9 Å². The number of carboxylic acids is 1. The van der Waals surface area contributed by atoms with Gasteiger partial charge in [0.05, 0.1) is 5.02 Å². The first kappa shape index (κ1) is 14.7. The minimum absolute atomic E-state index is 0.296. The van der Waals surface area contributed by atoms with E-state index in [2.05, 4.69) is 10.3 Å². The summed E-state index contributed by atoms with van der Waals surface area (Å²) in [6.45, 7) is 3.14. The van der Waals surface area contributed by atoms with E-state index in [9.17, 15) is 0 Å². The standard InChI is InChI=1S/C10H13ClN2O.C2H4O2/c11-8-1-2-10(13-7-8)14-9-3-5-12-6-4-9;1-2(3)4/h1-2,7,9,12H,3-6H2;1H3,(H,3,4). The third-order valence-corrected chi connectivity index (χ3v) is 2.50. The Morgan fingerprint density at radius 3 is 2.61 bits per heavy atom. The Hall–Kier alpha value is -1.33. The minimum atomic E-state index is -0.833. The van der Waals surface area contributed by atoms with Gasteiger partial charge in [0.15, 0.2) is 0 Å². The van der Waals surface area contributed by atoms with Crippen molar-refractivity contribution in [2.24, 2.45) is 0 Å². The molecule has 0 aromatic carbocycles. The highest BCUT2D eigenvalue weighted by molar-refractivity contribution is 6.30. The fourth-order valence-corrected chi connectivity index (χ4v) is 1.63. The first-order valence-corrected chi connectivity index (χ1v) is 6.14. The summed E-state index contributed by atoms with van der Waals surface area (Å²) in [5, 5.41) is 11.3. The lowest BCUT2D eigenvalue weighted by Gasteiger charge is -2.23. The van der Waals surface area contributed by atoms with Gasteiger partial charge >= 0.3 is 0 Å². The van der Waals surface area contributed by atoms with Crippen LogP contribution in [0, 0.1) is 0 Å². The molecule has 1 aromatic heterocycles. The average molecular weight is 273 g/mol. The molecule has 0 bridgehead atoms. The van der Waals surface area contributed by atoms with E-state index in [1.165, 1.54) is 0 Å². The van der Waals surface area contributed by atoms with Crippen molar-refractivity contribution in [3.63, 3.8) is 0 Å². The number of halogens is 1. The van der Waals surface area contributed by atoms with Crippen LogP contribution < -0.4 is 10.1 Å². The largest absolute Gasteiger partial charge is 0.481 e. The molecule has 1 saturated heterocycles. The topological polar surface area (TPSA) is 71.5 Å². The summed E-state index contributed by atoms with van der Waals surface area (Å²) in [7, 11) is 0. The molecule has 100 valence electrons. The predicted molar refractivity (Wildman–Crippen MR) is 69.1 cm³/mol. The Bertz CT molecular complexity index is 360. The number of carbonyl (C=O) groups is 1. The molecule has 2 rings (SSSR count). The van der Waals surface area contributed by atoms with Gasteiger partial charge in [0.1, 0.15) is 6.10 Å². The number of aliphatic carboxylic acids is 1. The first-order valence-electron chi connectivity index (χ1n) is 5.76. The van der Waals surface area contributed by atoms with Crippen molar-refractivity contribution in [3.8, 4) is 5.88 Å². The molecule has 1 aliphatic heterocycles. The number of nitrogens with one attached hydrogen (secondary N) is 1. The van der Waals surface area contributed by atoms with Crippen molar-refractivity contribution in [3.05, 3.63) is 23.4 Å². The number of carboxylic acid groups (broad SMARTS) is 1. The number of piperidine rings is 1. The van der Waals surface area contributed by atoms with E-state index in [4.69, 9.17) is 26.2 Å². The number of ether oxygens (including phenoxy) is 1. The molecule has 1 aliphatic rings. The zero-order valence-electron chi connectivity index (χ0n) is 10.2. The van der Waals surface area contributed by atoms with Gasteiger partial charge in [-0.15, -0.1) is 0 Å². The molecule has 0 atom stereocenters.